The van der Waals surface area contributed by atoms with Gasteiger partial charge in [0.15, 0.2) is 0 Å². The van der Waals surface area contributed by atoms with Gasteiger partial charge in [0.1, 0.15) is 5.82 Å². The van der Waals surface area contributed by atoms with Gasteiger partial charge in [0, 0.05) is 43.8 Å². The number of aryl methyl sites for hydroxylation is 1. The first-order valence-corrected chi connectivity index (χ1v) is 7.01. The van der Waals surface area contributed by atoms with Gasteiger partial charge < -0.3 is 15.5 Å². The van der Waals surface area contributed by atoms with Crippen molar-refractivity contribution in [2.75, 3.05) is 41.7 Å². The standard InChI is InChI=1S/C16H20N4/c1-13-5-6-14(17)12-15(13)19-8-10-20(11-9-19)16-4-2-3-7-18-16/h2-7,12H,8-11,17H2,1H3. The summed E-state index contributed by atoms with van der Waals surface area (Å²) >= 11 is 0. The predicted molar refractivity (Wildman–Crippen MR) is 84.3 cm³/mol. The number of aromatic nitrogens is 1. The first kappa shape index (κ1) is 12.8. The summed E-state index contributed by atoms with van der Waals surface area (Å²) in [6.45, 7) is 6.12. The van der Waals surface area contributed by atoms with E-state index in [4.69, 9.17) is 5.73 Å². The average Bonchev–Trinajstić information content (AvgIpc) is 2.51. The van der Waals surface area contributed by atoms with Crippen molar-refractivity contribution >= 4 is 17.2 Å². The van der Waals surface area contributed by atoms with Crippen molar-refractivity contribution in [1.82, 2.24) is 4.98 Å². The fraction of sp³-hybridized carbons (Fsp3) is 0.312. The predicted octanol–water partition coefficient (Wildman–Crippen LogP) is 2.30. The molecule has 0 saturated carbocycles. The van der Waals surface area contributed by atoms with Crippen molar-refractivity contribution < 1.29 is 0 Å². The SMILES string of the molecule is Cc1ccc(N)cc1N1CCN(c2ccccn2)CC1. The van der Waals surface area contributed by atoms with Crippen LogP contribution in [0.25, 0.3) is 0 Å². The van der Waals surface area contributed by atoms with E-state index < -0.39 is 0 Å². The lowest BCUT2D eigenvalue weighted by atomic mass is 10.1. The van der Waals surface area contributed by atoms with E-state index in [2.05, 4.69) is 39.9 Å². The molecule has 3 rings (SSSR count). The van der Waals surface area contributed by atoms with Crippen molar-refractivity contribution in [2.24, 2.45) is 0 Å². The van der Waals surface area contributed by atoms with E-state index in [1.54, 1.807) is 0 Å². The summed E-state index contributed by atoms with van der Waals surface area (Å²) in [4.78, 5) is 9.16. The normalized spacial score (nSPS) is 15.4. The molecule has 1 aromatic carbocycles. The Morgan fingerprint density at radius 1 is 1.00 bits per heavy atom. The van der Waals surface area contributed by atoms with Gasteiger partial charge in [-0.05, 0) is 36.8 Å². The highest BCUT2D eigenvalue weighted by Crippen LogP contribution is 2.24. The molecule has 0 amide bonds. The minimum atomic E-state index is 0.831. The van der Waals surface area contributed by atoms with Gasteiger partial charge in [-0.25, -0.2) is 4.98 Å². The van der Waals surface area contributed by atoms with E-state index in [9.17, 15) is 0 Å². The molecule has 4 heteroatoms. The van der Waals surface area contributed by atoms with E-state index in [1.807, 2.05) is 24.4 Å². The maximum atomic E-state index is 5.91. The molecule has 0 aliphatic carbocycles. The smallest absolute Gasteiger partial charge is 0.128 e. The summed E-state index contributed by atoms with van der Waals surface area (Å²) in [6.07, 6.45) is 1.85. The van der Waals surface area contributed by atoms with Crippen LogP contribution >= 0.6 is 0 Å². The lowest BCUT2D eigenvalue weighted by Crippen LogP contribution is -2.47. The van der Waals surface area contributed by atoms with Crippen LogP contribution < -0.4 is 15.5 Å². The second-order valence-corrected chi connectivity index (χ2v) is 5.21. The molecule has 2 heterocycles. The highest BCUT2D eigenvalue weighted by atomic mass is 15.3. The van der Waals surface area contributed by atoms with Gasteiger partial charge in [0.2, 0.25) is 0 Å². The van der Waals surface area contributed by atoms with Crippen molar-refractivity contribution in [1.29, 1.82) is 0 Å². The molecule has 104 valence electrons. The molecule has 2 N–H and O–H groups in total. The van der Waals surface area contributed by atoms with Gasteiger partial charge in [-0.3, -0.25) is 0 Å². The lowest BCUT2D eigenvalue weighted by Gasteiger charge is -2.37. The summed E-state index contributed by atoms with van der Waals surface area (Å²) in [6, 6.07) is 12.2. The number of hydrogen-bond acceptors (Lipinski definition) is 4. The molecule has 1 fully saturated rings. The van der Waals surface area contributed by atoms with Crippen LogP contribution in [-0.2, 0) is 0 Å². The van der Waals surface area contributed by atoms with Crippen molar-refractivity contribution in [3.63, 3.8) is 0 Å². The molecule has 1 aliphatic heterocycles. The number of benzene rings is 1. The molecule has 2 aromatic rings. The topological polar surface area (TPSA) is 45.4 Å². The van der Waals surface area contributed by atoms with E-state index >= 15 is 0 Å². The van der Waals surface area contributed by atoms with E-state index in [0.29, 0.717) is 0 Å². The lowest BCUT2D eigenvalue weighted by molar-refractivity contribution is 0.646. The monoisotopic (exact) mass is 268 g/mol. The Labute approximate surface area is 119 Å². The summed E-state index contributed by atoms with van der Waals surface area (Å²) in [7, 11) is 0. The van der Waals surface area contributed by atoms with Crippen molar-refractivity contribution in [2.45, 2.75) is 6.92 Å². The number of hydrogen-bond donors (Lipinski definition) is 1. The molecule has 0 spiro atoms. The van der Waals surface area contributed by atoms with E-state index in [0.717, 1.165) is 37.7 Å². The zero-order chi connectivity index (χ0) is 13.9. The number of rotatable bonds is 2. The number of piperazine rings is 1. The third kappa shape index (κ3) is 2.54. The quantitative estimate of drug-likeness (QED) is 0.849. The molecular weight excluding hydrogens is 248 g/mol. The van der Waals surface area contributed by atoms with Gasteiger partial charge in [0.25, 0.3) is 0 Å². The highest BCUT2D eigenvalue weighted by Gasteiger charge is 2.19. The molecule has 1 saturated heterocycles. The summed E-state index contributed by atoms with van der Waals surface area (Å²) in [5, 5.41) is 0. The van der Waals surface area contributed by atoms with Gasteiger partial charge in [-0.1, -0.05) is 12.1 Å². The molecule has 20 heavy (non-hydrogen) atoms. The van der Waals surface area contributed by atoms with Gasteiger partial charge in [0.05, 0.1) is 0 Å². The molecule has 1 aromatic heterocycles. The van der Waals surface area contributed by atoms with Crippen molar-refractivity contribution in [3.8, 4) is 0 Å². The molecule has 4 nitrogen and oxygen atoms in total. The Morgan fingerprint density at radius 2 is 1.75 bits per heavy atom. The van der Waals surface area contributed by atoms with Crippen LogP contribution in [0.4, 0.5) is 17.2 Å². The van der Waals surface area contributed by atoms with Gasteiger partial charge in [-0.15, -0.1) is 0 Å². The fourth-order valence-electron chi connectivity index (χ4n) is 2.68. The second-order valence-electron chi connectivity index (χ2n) is 5.21. The fourth-order valence-corrected chi connectivity index (χ4v) is 2.68. The summed E-state index contributed by atoms with van der Waals surface area (Å²) < 4.78 is 0. The second kappa shape index (κ2) is 5.41. The Hall–Kier alpha value is -2.23. The van der Waals surface area contributed by atoms with Crippen molar-refractivity contribution in [3.05, 3.63) is 48.2 Å². The van der Waals surface area contributed by atoms with E-state index in [-0.39, 0.29) is 0 Å². The number of pyridine rings is 1. The number of nitrogen functional groups attached to an aromatic ring is 1. The highest BCUT2D eigenvalue weighted by molar-refractivity contribution is 5.61. The average molecular weight is 268 g/mol. The van der Waals surface area contributed by atoms with Crippen LogP contribution in [0.3, 0.4) is 0 Å². The summed E-state index contributed by atoms with van der Waals surface area (Å²) in [5.41, 5.74) is 9.27. The van der Waals surface area contributed by atoms with Crippen LogP contribution in [-0.4, -0.2) is 31.2 Å². The zero-order valence-corrected chi connectivity index (χ0v) is 11.8. The van der Waals surface area contributed by atoms with Crippen LogP contribution in [0, 0.1) is 6.92 Å². The Balaban J connectivity index is 1.71. The minimum Gasteiger partial charge on any atom is -0.399 e. The molecular formula is C16H20N4. The zero-order valence-electron chi connectivity index (χ0n) is 11.8. The Morgan fingerprint density at radius 3 is 2.45 bits per heavy atom. The first-order valence-electron chi connectivity index (χ1n) is 7.01. The Bertz CT molecular complexity index is 574. The van der Waals surface area contributed by atoms with Crippen LogP contribution in [0.1, 0.15) is 5.56 Å². The van der Waals surface area contributed by atoms with Crippen LogP contribution in [0.2, 0.25) is 0 Å². The van der Waals surface area contributed by atoms with Gasteiger partial charge in [-0.2, -0.15) is 0 Å². The number of nitrogens with two attached hydrogens (primary N) is 1. The molecule has 0 radical (unpaired) electrons. The molecule has 0 bridgehead atoms. The first-order chi connectivity index (χ1) is 9.74. The number of anilines is 3. The maximum Gasteiger partial charge on any atom is 0.128 e. The van der Waals surface area contributed by atoms with Crippen LogP contribution in [0.15, 0.2) is 42.6 Å². The molecule has 0 unspecified atom stereocenters. The third-order valence-corrected chi connectivity index (χ3v) is 3.83. The molecule has 1 aliphatic rings. The largest absolute Gasteiger partial charge is 0.399 e. The minimum absolute atomic E-state index is 0.831. The summed E-state index contributed by atoms with van der Waals surface area (Å²) in [5.74, 6) is 1.07. The number of nitrogens with zero attached hydrogens (tertiary/aromatic N) is 3. The van der Waals surface area contributed by atoms with Crippen LogP contribution in [0.5, 0.6) is 0 Å². The van der Waals surface area contributed by atoms with E-state index in [1.165, 1.54) is 11.3 Å². The third-order valence-electron chi connectivity index (χ3n) is 3.83. The maximum absolute atomic E-state index is 5.91. The Kier molecular flexibility index (Phi) is 3.46. The van der Waals surface area contributed by atoms with Gasteiger partial charge >= 0.3 is 0 Å². The molecule has 0 atom stereocenters.